The molecule has 0 bridgehead atoms. The van der Waals surface area contributed by atoms with E-state index >= 15 is 0 Å². The van der Waals surface area contributed by atoms with E-state index in [9.17, 15) is 8.42 Å². The van der Waals surface area contributed by atoms with Crippen LogP contribution in [0.2, 0.25) is 0 Å². The molecular weight excluding hydrogens is 406 g/mol. The van der Waals surface area contributed by atoms with Gasteiger partial charge in [-0.2, -0.15) is 0 Å². The second kappa shape index (κ2) is 10.1. The van der Waals surface area contributed by atoms with E-state index < -0.39 is 9.84 Å². The molecule has 1 fully saturated rings. The Kier molecular flexibility index (Phi) is 8.18. The van der Waals surface area contributed by atoms with Crippen LogP contribution in [-0.2, 0) is 14.6 Å². The molecule has 0 spiro atoms. The molecule has 0 saturated heterocycles. The van der Waals surface area contributed by atoms with Gasteiger partial charge in [-0.1, -0.05) is 15.9 Å². The molecule has 0 unspecified atom stereocenters. The standard InChI is InChI=1S/C17H26BrN3O3S/c1-19-17(20-9-2-11-24-13-14-3-4-14)21-10-12-25(22,23)16-7-5-15(18)6-8-16/h5-8,14H,2-4,9-13H2,1H3,(H2,19,20,21). The summed E-state index contributed by atoms with van der Waals surface area (Å²) in [7, 11) is -1.63. The van der Waals surface area contributed by atoms with Crippen molar-refractivity contribution in [3.8, 4) is 0 Å². The first-order valence-corrected chi connectivity index (χ1v) is 11.0. The molecule has 0 amide bonds. The van der Waals surface area contributed by atoms with Gasteiger partial charge in [-0.05, 0) is 49.4 Å². The summed E-state index contributed by atoms with van der Waals surface area (Å²) in [6.45, 7) is 2.65. The Hall–Kier alpha value is -1.12. The highest BCUT2D eigenvalue weighted by molar-refractivity contribution is 9.10. The Morgan fingerprint density at radius 2 is 1.92 bits per heavy atom. The molecular formula is C17H26BrN3O3S. The Bertz CT molecular complexity index is 658. The van der Waals surface area contributed by atoms with Crippen molar-refractivity contribution >= 4 is 31.7 Å². The number of ether oxygens (including phenoxy) is 1. The van der Waals surface area contributed by atoms with Crippen molar-refractivity contribution < 1.29 is 13.2 Å². The van der Waals surface area contributed by atoms with Crippen LogP contribution in [0.1, 0.15) is 19.3 Å². The lowest BCUT2D eigenvalue weighted by atomic mass is 10.4. The Morgan fingerprint density at radius 3 is 2.56 bits per heavy atom. The molecule has 0 aromatic heterocycles. The van der Waals surface area contributed by atoms with Crippen molar-refractivity contribution in [1.82, 2.24) is 10.6 Å². The summed E-state index contributed by atoms with van der Waals surface area (Å²) in [6.07, 6.45) is 3.50. The maximum Gasteiger partial charge on any atom is 0.191 e. The van der Waals surface area contributed by atoms with Crippen LogP contribution in [0.25, 0.3) is 0 Å². The number of benzene rings is 1. The van der Waals surface area contributed by atoms with E-state index in [0.717, 1.165) is 36.6 Å². The predicted molar refractivity (Wildman–Crippen MR) is 104 cm³/mol. The minimum atomic E-state index is -3.30. The van der Waals surface area contributed by atoms with Crippen LogP contribution in [-0.4, -0.2) is 53.5 Å². The fourth-order valence-electron chi connectivity index (χ4n) is 2.20. The highest BCUT2D eigenvalue weighted by Crippen LogP contribution is 2.28. The third kappa shape index (κ3) is 7.75. The van der Waals surface area contributed by atoms with Crippen molar-refractivity contribution in [2.45, 2.75) is 24.2 Å². The molecule has 0 atom stereocenters. The maximum atomic E-state index is 12.3. The summed E-state index contributed by atoms with van der Waals surface area (Å²) in [5.74, 6) is 1.41. The van der Waals surface area contributed by atoms with Gasteiger partial charge in [0.1, 0.15) is 0 Å². The second-order valence-corrected chi connectivity index (χ2v) is 9.10. The number of hydrogen-bond donors (Lipinski definition) is 2. The van der Waals surface area contributed by atoms with Gasteiger partial charge in [0.2, 0.25) is 0 Å². The molecule has 25 heavy (non-hydrogen) atoms. The number of hydrogen-bond acceptors (Lipinski definition) is 4. The van der Waals surface area contributed by atoms with Crippen LogP contribution in [0.15, 0.2) is 38.6 Å². The van der Waals surface area contributed by atoms with Crippen LogP contribution >= 0.6 is 15.9 Å². The van der Waals surface area contributed by atoms with Gasteiger partial charge in [0.15, 0.2) is 15.8 Å². The predicted octanol–water partition coefficient (Wildman–Crippen LogP) is 2.20. The fourth-order valence-corrected chi connectivity index (χ4v) is 3.62. The van der Waals surface area contributed by atoms with E-state index in [2.05, 4.69) is 31.6 Å². The van der Waals surface area contributed by atoms with Crippen LogP contribution in [0, 0.1) is 5.92 Å². The monoisotopic (exact) mass is 431 g/mol. The molecule has 6 nitrogen and oxygen atoms in total. The van der Waals surface area contributed by atoms with E-state index in [1.165, 1.54) is 12.8 Å². The number of halogens is 1. The molecule has 2 N–H and O–H groups in total. The third-order valence-corrected chi connectivity index (χ3v) is 6.13. The quantitative estimate of drug-likeness (QED) is 0.337. The summed E-state index contributed by atoms with van der Waals surface area (Å²) >= 11 is 3.30. The molecule has 8 heteroatoms. The van der Waals surface area contributed by atoms with Crippen LogP contribution in [0.4, 0.5) is 0 Å². The van der Waals surface area contributed by atoms with Gasteiger partial charge in [-0.15, -0.1) is 0 Å². The topological polar surface area (TPSA) is 79.8 Å². The van der Waals surface area contributed by atoms with E-state index in [-0.39, 0.29) is 5.75 Å². The Balaban J connectivity index is 1.63. The van der Waals surface area contributed by atoms with Crippen molar-refractivity contribution in [1.29, 1.82) is 0 Å². The van der Waals surface area contributed by atoms with Gasteiger partial charge in [0, 0.05) is 37.8 Å². The molecule has 1 aromatic carbocycles. The number of guanidine groups is 1. The van der Waals surface area contributed by atoms with E-state index in [1.807, 2.05) is 0 Å². The zero-order chi connectivity index (χ0) is 18.1. The van der Waals surface area contributed by atoms with Gasteiger partial charge in [0.05, 0.1) is 10.6 Å². The first-order valence-electron chi connectivity index (χ1n) is 8.52. The molecule has 1 aliphatic rings. The normalized spacial score (nSPS) is 15.2. The first kappa shape index (κ1) is 20.2. The lowest BCUT2D eigenvalue weighted by molar-refractivity contribution is 0.123. The highest BCUT2D eigenvalue weighted by atomic mass is 79.9. The van der Waals surface area contributed by atoms with Gasteiger partial charge in [0.25, 0.3) is 0 Å². The summed E-state index contributed by atoms with van der Waals surface area (Å²) in [6, 6.07) is 6.67. The zero-order valence-corrected chi connectivity index (χ0v) is 16.9. The highest BCUT2D eigenvalue weighted by Gasteiger charge is 2.20. The molecule has 1 aromatic rings. The fraction of sp³-hybridized carbons (Fsp3) is 0.588. The van der Waals surface area contributed by atoms with E-state index in [0.29, 0.717) is 17.4 Å². The zero-order valence-electron chi connectivity index (χ0n) is 14.5. The van der Waals surface area contributed by atoms with Crippen molar-refractivity contribution in [2.75, 3.05) is 39.1 Å². The number of nitrogens with one attached hydrogen (secondary N) is 2. The van der Waals surface area contributed by atoms with Gasteiger partial charge >= 0.3 is 0 Å². The molecule has 1 saturated carbocycles. The molecule has 140 valence electrons. The lowest BCUT2D eigenvalue weighted by Gasteiger charge is -2.12. The number of sulfone groups is 1. The summed E-state index contributed by atoms with van der Waals surface area (Å²) < 4.78 is 31.0. The van der Waals surface area contributed by atoms with Crippen molar-refractivity contribution in [3.63, 3.8) is 0 Å². The van der Waals surface area contributed by atoms with Crippen LogP contribution < -0.4 is 10.6 Å². The number of nitrogens with zero attached hydrogens (tertiary/aromatic N) is 1. The van der Waals surface area contributed by atoms with Crippen molar-refractivity contribution in [3.05, 3.63) is 28.7 Å². The SMILES string of the molecule is CN=C(NCCCOCC1CC1)NCCS(=O)(=O)c1ccc(Br)cc1. The molecule has 1 aliphatic carbocycles. The van der Waals surface area contributed by atoms with Gasteiger partial charge in [-0.3, -0.25) is 4.99 Å². The largest absolute Gasteiger partial charge is 0.381 e. The molecule has 0 aliphatic heterocycles. The second-order valence-electron chi connectivity index (χ2n) is 6.07. The molecule has 0 radical (unpaired) electrons. The lowest BCUT2D eigenvalue weighted by Crippen LogP contribution is -2.40. The summed E-state index contributed by atoms with van der Waals surface area (Å²) in [5.41, 5.74) is 0. The average molecular weight is 432 g/mol. The van der Waals surface area contributed by atoms with Crippen LogP contribution in [0.5, 0.6) is 0 Å². The summed E-state index contributed by atoms with van der Waals surface area (Å²) in [4.78, 5) is 4.43. The van der Waals surface area contributed by atoms with Gasteiger partial charge < -0.3 is 15.4 Å². The average Bonchev–Trinajstić information content (AvgIpc) is 3.41. The Labute approximate surface area is 158 Å². The number of rotatable bonds is 10. The minimum absolute atomic E-state index is 0.0137. The van der Waals surface area contributed by atoms with E-state index in [1.54, 1.807) is 31.3 Å². The smallest absolute Gasteiger partial charge is 0.191 e. The van der Waals surface area contributed by atoms with Crippen LogP contribution in [0.3, 0.4) is 0 Å². The van der Waals surface area contributed by atoms with Gasteiger partial charge in [-0.25, -0.2) is 8.42 Å². The minimum Gasteiger partial charge on any atom is -0.381 e. The number of aliphatic imine (C=N–C) groups is 1. The Morgan fingerprint density at radius 1 is 1.24 bits per heavy atom. The third-order valence-electron chi connectivity index (χ3n) is 3.87. The van der Waals surface area contributed by atoms with E-state index in [4.69, 9.17) is 4.74 Å². The molecule has 2 rings (SSSR count). The van der Waals surface area contributed by atoms with Crippen molar-refractivity contribution in [2.24, 2.45) is 10.9 Å². The first-order chi connectivity index (χ1) is 12.0. The maximum absolute atomic E-state index is 12.3. The summed E-state index contributed by atoms with van der Waals surface area (Å²) in [5, 5.41) is 6.20. The molecule has 0 heterocycles.